The van der Waals surface area contributed by atoms with Crippen LogP contribution in [0.3, 0.4) is 0 Å². The van der Waals surface area contributed by atoms with Crippen molar-refractivity contribution in [2.24, 2.45) is 0 Å². The normalized spacial score (nSPS) is 8.31. The van der Waals surface area contributed by atoms with E-state index in [0.29, 0.717) is 26.4 Å². The Morgan fingerprint density at radius 2 is 0.369 bits per heavy atom. The van der Waals surface area contributed by atoms with Gasteiger partial charge in [-0.3, -0.25) is 57.5 Å². The molecule has 0 rings (SSSR count). The zero-order chi connectivity index (χ0) is 52.6. The molecule has 0 amide bonds. The monoisotopic (exact) mass is 972 g/mol. The van der Waals surface area contributed by atoms with Gasteiger partial charge in [0.1, 0.15) is 71.9 Å². The van der Waals surface area contributed by atoms with E-state index in [-0.39, 0.29) is 93.7 Å². The third-order valence-corrected chi connectivity index (χ3v) is 4.37. The first kappa shape index (κ1) is 79.2. The van der Waals surface area contributed by atoms with E-state index in [4.69, 9.17) is 0 Å². The summed E-state index contributed by atoms with van der Waals surface area (Å²) in [4.78, 5) is 160. The van der Waals surface area contributed by atoms with E-state index in [1.54, 1.807) is 27.7 Å². The van der Waals surface area contributed by atoms with Crippen LogP contribution in [0.2, 0.25) is 0 Å². The van der Waals surface area contributed by atoms with E-state index in [9.17, 15) is 97.1 Å². The second-order valence-corrected chi connectivity index (χ2v) is 11.7. The number of rotatable bonds is 20. The van der Waals surface area contributed by atoms with Gasteiger partial charge in [-0.25, -0.2) is 0 Å². The van der Waals surface area contributed by atoms with Gasteiger partial charge in [0.05, 0.1) is 26.4 Å². The summed E-state index contributed by atoms with van der Waals surface area (Å²) in [5, 5.41) is 37.9. The number of carbonyl (C=O) groups excluding carboxylic acids is 16. The largest absolute Gasteiger partial charge is 4.00 e. The van der Waals surface area contributed by atoms with E-state index >= 15 is 0 Å². The molecule has 0 aliphatic carbocycles. The Morgan fingerprint density at radius 1 is 0.262 bits per heavy atom. The molecular weight excluding hydrogens is 912 g/mol. The number of hydrogen-bond acceptors (Lipinski definition) is 24. The van der Waals surface area contributed by atoms with Gasteiger partial charge in [0, 0.05) is 49.6 Å². The molecule has 0 radical (unpaired) electrons. The van der Waals surface area contributed by atoms with Crippen LogP contribution >= 0.6 is 0 Å². The average Bonchev–Trinajstić information content (AvgIpc) is 3.03. The third kappa shape index (κ3) is 126. The number of carboxylic acid groups (broad SMARTS) is 4. The van der Waals surface area contributed by atoms with Gasteiger partial charge in [0.2, 0.25) is 0 Å². The first-order chi connectivity index (χ1) is 29.2. The number of ether oxygens (including phenoxy) is 4. The van der Waals surface area contributed by atoms with Crippen LogP contribution in [0.1, 0.15) is 134 Å². The molecule has 0 bridgehead atoms. The maximum absolute atomic E-state index is 10.4. The van der Waals surface area contributed by atoms with E-state index in [2.05, 4.69) is 18.9 Å². The van der Waals surface area contributed by atoms with Gasteiger partial charge >= 0.3 is 45.6 Å². The minimum Gasteiger partial charge on any atom is -0.550 e. The summed E-state index contributed by atoms with van der Waals surface area (Å²) in [5.41, 5.74) is 0. The molecule has 0 spiro atoms. The topological polar surface area (TPSA) is 402 Å². The van der Waals surface area contributed by atoms with Crippen molar-refractivity contribution in [3.63, 3.8) is 0 Å². The molecule has 65 heavy (non-hydrogen) atoms. The van der Waals surface area contributed by atoms with E-state index in [0.717, 1.165) is 0 Å². The van der Waals surface area contributed by atoms with Gasteiger partial charge in [-0.15, -0.1) is 0 Å². The molecule has 0 N–H and O–H groups in total. The number of hydrogen-bond donors (Lipinski definition) is 0. The molecule has 0 fully saturated rings. The van der Waals surface area contributed by atoms with Crippen molar-refractivity contribution in [1.29, 1.82) is 0 Å². The molecule has 0 saturated heterocycles. The van der Waals surface area contributed by atoms with Gasteiger partial charge in [-0.2, -0.15) is 0 Å². The number of ketones is 8. The summed E-state index contributed by atoms with van der Waals surface area (Å²) in [7, 11) is 0. The summed E-state index contributed by atoms with van der Waals surface area (Å²) in [5.74, 6) is -9.14. The second kappa shape index (κ2) is 55.9. The van der Waals surface area contributed by atoms with Gasteiger partial charge < -0.3 is 58.6 Å². The molecule has 0 aliphatic heterocycles. The molecule has 368 valence electrons. The smallest absolute Gasteiger partial charge is 0.550 e. The van der Waals surface area contributed by atoms with Gasteiger partial charge in [-0.1, -0.05) is 0 Å². The average molecular weight is 973 g/mol. The minimum atomic E-state index is -1.31. The molecule has 0 heterocycles. The maximum Gasteiger partial charge on any atom is 4.00 e. The van der Waals surface area contributed by atoms with Crippen LogP contribution in [0.5, 0.6) is 0 Å². The predicted octanol–water partition coefficient (Wildman–Crippen LogP) is -3.03. The number of carboxylic acids is 4. The van der Waals surface area contributed by atoms with Gasteiger partial charge in [0.25, 0.3) is 0 Å². The zero-order valence-corrected chi connectivity index (χ0v) is 40.3. The van der Waals surface area contributed by atoms with Crippen molar-refractivity contribution in [1.82, 2.24) is 0 Å². The van der Waals surface area contributed by atoms with Crippen LogP contribution in [-0.2, 0) is 117 Å². The standard InChI is InChI=1S/4C6H10O3.4C4H6O3.Ti/c4*1-3-9-6(8)4-5(2)7;4*1-3(5)2-4(6)7;/h4*3-4H2,1-2H3;4*2H2,1H3,(H,6,7);/q;;;;;;;;+4/p-4. The Morgan fingerprint density at radius 3 is 0.415 bits per heavy atom. The molecule has 0 aromatic heterocycles. The summed E-state index contributed by atoms with van der Waals surface area (Å²) in [6, 6.07) is 0. The van der Waals surface area contributed by atoms with Crippen LogP contribution in [0.25, 0.3) is 0 Å². The summed E-state index contributed by atoms with van der Waals surface area (Å²) in [6.45, 7) is 18.4. The van der Waals surface area contributed by atoms with Crippen molar-refractivity contribution < 1.29 is 138 Å². The first-order valence-electron chi connectivity index (χ1n) is 18.5. The van der Waals surface area contributed by atoms with Crippen LogP contribution in [0, 0.1) is 0 Å². The number of esters is 4. The van der Waals surface area contributed by atoms with Crippen molar-refractivity contribution in [2.45, 2.75) is 134 Å². The number of carbonyl (C=O) groups is 16. The van der Waals surface area contributed by atoms with Crippen LogP contribution in [0.4, 0.5) is 0 Å². The zero-order valence-electron chi connectivity index (χ0n) is 38.8. The van der Waals surface area contributed by atoms with E-state index < -0.39 is 73.4 Å². The van der Waals surface area contributed by atoms with Crippen LogP contribution in [-0.4, -0.2) is 120 Å². The molecule has 25 heteroatoms. The molecule has 0 unspecified atom stereocenters. The summed E-state index contributed by atoms with van der Waals surface area (Å²) >= 11 is 0. The molecule has 0 atom stereocenters. The Bertz CT molecular complexity index is 1260. The Labute approximate surface area is 391 Å². The van der Waals surface area contributed by atoms with Crippen LogP contribution < -0.4 is 20.4 Å². The Kier molecular flexibility index (Phi) is 68.1. The number of Topliss-reactive ketones (excluding diaryl/α,β-unsaturated/α-hetero) is 8. The summed E-state index contributed by atoms with van der Waals surface area (Å²) < 4.78 is 18.0. The fraction of sp³-hybridized carbons (Fsp3) is 0.600. The quantitative estimate of drug-likeness (QED) is 0.0507. The molecule has 0 saturated carbocycles. The maximum atomic E-state index is 10.4. The minimum absolute atomic E-state index is 0. The molecule has 0 aromatic carbocycles. The van der Waals surface area contributed by atoms with E-state index in [1.807, 2.05) is 0 Å². The molecule has 24 nitrogen and oxygen atoms in total. The Hall–Kier alpha value is -6.17. The predicted molar refractivity (Wildman–Crippen MR) is 209 cm³/mol. The molecule has 0 aliphatic rings. The summed E-state index contributed by atoms with van der Waals surface area (Å²) in [6.07, 6.45) is -2.30. The first-order valence-corrected chi connectivity index (χ1v) is 18.5. The van der Waals surface area contributed by atoms with Crippen molar-refractivity contribution in [3.8, 4) is 0 Å². The molecule has 0 aromatic rings. The SMILES string of the molecule is CC(=O)CC(=O)[O-].CC(=O)CC(=O)[O-].CC(=O)CC(=O)[O-].CC(=O)CC(=O)[O-].CCOC(=O)CC(C)=O.CCOC(=O)CC(C)=O.CCOC(=O)CC(C)=O.CCOC(=O)CC(C)=O.[Ti+4]. The molecular formula is C40H60O24Ti. The fourth-order valence-corrected chi connectivity index (χ4v) is 2.47. The third-order valence-electron chi connectivity index (χ3n) is 4.37. The van der Waals surface area contributed by atoms with Gasteiger partial charge in [-0.05, 0) is 83.1 Å². The van der Waals surface area contributed by atoms with Crippen LogP contribution in [0.15, 0.2) is 0 Å². The van der Waals surface area contributed by atoms with Crippen molar-refractivity contribution in [3.05, 3.63) is 0 Å². The van der Waals surface area contributed by atoms with E-state index in [1.165, 1.54) is 55.4 Å². The second-order valence-electron chi connectivity index (χ2n) is 11.7. The van der Waals surface area contributed by atoms with Gasteiger partial charge in [0.15, 0.2) is 0 Å². The fourth-order valence-electron chi connectivity index (χ4n) is 2.47. The van der Waals surface area contributed by atoms with Crippen molar-refractivity contribution in [2.75, 3.05) is 26.4 Å². The Balaban J connectivity index is -0.0000000788. The van der Waals surface area contributed by atoms with Crippen molar-refractivity contribution >= 4 is 94.0 Å². The number of aliphatic carboxylic acids is 4.